The van der Waals surface area contributed by atoms with Crippen LogP contribution in [0.4, 0.5) is 10.2 Å². The first-order valence-corrected chi connectivity index (χ1v) is 19.7. The van der Waals surface area contributed by atoms with Crippen LogP contribution in [0.1, 0.15) is 85.6 Å². The molecule has 2 aromatic carbocycles. The van der Waals surface area contributed by atoms with E-state index in [-0.39, 0.29) is 40.4 Å². The van der Waals surface area contributed by atoms with Gasteiger partial charge in [0.05, 0.1) is 24.0 Å². The molecule has 53 heavy (non-hydrogen) atoms. The lowest BCUT2D eigenvalue weighted by molar-refractivity contribution is -0.146. The van der Waals surface area contributed by atoms with Crippen molar-refractivity contribution >= 4 is 33.5 Å². The Bertz CT molecular complexity index is 1900. The number of carbonyl (C=O) groups is 1. The van der Waals surface area contributed by atoms with Crippen molar-refractivity contribution in [2.45, 2.75) is 104 Å². The SMILES string of the molecule is CC.CCc1cccc2cc(O)cc(-c3ncc4c(N5CC6CCC(C5)N6)nc(OCC56CCCN5CCC6)nc4c3F)c12.COC(=O)C(C)C(C)C. The van der Waals surface area contributed by atoms with E-state index in [2.05, 4.69) is 31.8 Å². The number of ether oxygens (including phenoxy) is 2. The Morgan fingerprint density at radius 1 is 1.08 bits per heavy atom. The molecule has 0 saturated carbocycles. The topological polar surface area (TPSA) is 113 Å². The molecule has 10 nitrogen and oxygen atoms in total. The minimum absolute atomic E-state index is 0.0231. The fraction of sp³-hybridized carbons (Fsp3) is 0.571. The average Bonchev–Trinajstić information content (AvgIpc) is 3.87. The number of phenolic OH excluding ortho intramolecular Hbond substituents is 1. The van der Waals surface area contributed by atoms with Crippen molar-refractivity contribution in [1.82, 2.24) is 25.2 Å². The van der Waals surface area contributed by atoms with Crippen molar-refractivity contribution in [3.8, 4) is 23.0 Å². The number of fused-ring (bicyclic) bond motifs is 5. The molecule has 0 spiro atoms. The van der Waals surface area contributed by atoms with Gasteiger partial charge in [0.2, 0.25) is 0 Å². The average molecular weight is 729 g/mol. The van der Waals surface area contributed by atoms with Crippen LogP contribution in [0, 0.1) is 17.7 Å². The number of carbonyl (C=O) groups excluding carboxylic acids is 1. The predicted octanol–water partition coefficient (Wildman–Crippen LogP) is 7.68. The summed E-state index contributed by atoms with van der Waals surface area (Å²) in [6.07, 6.45) is 9.33. The molecule has 11 heteroatoms. The normalized spacial score (nSPS) is 20.8. The number of phenols is 1. The maximum absolute atomic E-state index is 16.8. The van der Waals surface area contributed by atoms with Crippen LogP contribution in [-0.4, -0.2) is 88.4 Å². The van der Waals surface area contributed by atoms with Crippen LogP contribution in [0.2, 0.25) is 0 Å². The Morgan fingerprint density at radius 2 is 1.77 bits per heavy atom. The van der Waals surface area contributed by atoms with Gasteiger partial charge in [0.25, 0.3) is 0 Å². The van der Waals surface area contributed by atoms with Gasteiger partial charge < -0.3 is 24.8 Å². The molecule has 3 unspecified atom stereocenters. The Kier molecular flexibility index (Phi) is 12.0. The molecular weight excluding hydrogens is 671 g/mol. The highest BCUT2D eigenvalue weighted by Gasteiger charge is 2.45. The van der Waals surface area contributed by atoms with E-state index in [1.54, 1.807) is 18.3 Å². The third kappa shape index (κ3) is 7.78. The molecule has 4 aromatic rings. The maximum Gasteiger partial charge on any atom is 0.319 e. The highest BCUT2D eigenvalue weighted by molar-refractivity contribution is 6.01. The van der Waals surface area contributed by atoms with Crippen LogP contribution in [0.5, 0.6) is 11.8 Å². The summed E-state index contributed by atoms with van der Waals surface area (Å²) in [5.74, 6) is 0.525. The van der Waals surface area contributed by atoms with E-state index in [9.17, 15) is 9.90 Å². The molecule has 4 fully saturated rings. The number of pyridine rings is 1. The molecule has 8 rings (SSSR count). The zero-order valence-corrected chi connectivity index (χ0v) is 32.5. The zero-order valence-electron chi connectivity index (χ0n) is 32.5. The quantitative estimate of drug-likeness (QED) is 0.175. The highest BCUT2D eigenvalue weighted by Crippen LogP contribution is 2.41. The number of nitrogens with one attached hydrogen (secondary N) is 1. The lowest BCUT2D eigenvalue weighted by atomic mass is 9.95. The number of esters is 1. The number of anilines is 1. The van der Waals surface area contributed by atoms with Crippen molar-refractivity contribution in [1.29, 1.82) is 0 Å². The summed E-state index contributed by atoms with van der Waals surface area (Å²) in [6.45, 7) is 16.3. The Labute approximate surface area is 313 Å². The highest BCUT2D eigenvalue weighted by atomic mass is 19.1. The number of methoxy groups -OCH3 is 1. The van der Waals surface area contributed by atoms with Crippen LogP contribution in [-0.2, 0) is 16.0 Å². The minimum atomic E-state index is -0.515. The van der Waals surface area contributed by atoms with Gasteiger partial charge in [0, 0.05) is 36.9 Å². The molecule has 4 aliphatic heterocycles. The molecule has 3 atom stereocenters. The maximum atomic E-state index is 16.8. The number of halogens is 1. The fourth-order valence-electron chi connectivity index (χ4n) is 8.57. The number of aromatic hydroxyl groups is 1. The second kappa shape index (κ2) is 16.5. The number of rotatable bonds is 8. The second-order valence-electron chi connectivity index (χ2n) is 15.2. The number of aryl methyl sites for hydroxylation is 1. The summed E-state index contributed by atoms with van der Waals surface area (Å²) >= 11 is 0. The number of nitrogens with zero attached hydrogens (tertiary/aromatic N) is 5. The lowest BCUT2D eigenvalue weighted by Crippen LogP contribution is -2.51. The minimum Gasteiger partial charge on any atom is -0.508 e. The van der Waals surface area contributed by atoms with Crippen molar-refractivity contribution in [2.24, 2.45) is 11.8 Å². The molecule has 2 N–H and O–H groups in total. The number of hydrogen-bond acceptors (Lipinski definition) is 10. The van der Waals surface area contributed by atoms with Gasteiger partial charge in [-0.1, -0.05) is 59.7 Å². The first-order valence-electron chi connectivity index (χ1n) is 19.7. The fourth-order valence-corrected chi connectivity index (χ4v) is 8.57. The molecule has 0 amide bonds. The molecule has 0 aliphatic carbocycles. The Morgan fingerprint density at radius 3 is 2.40 bits per heavy atom. The van der Waals surface area contributed by atoms with Crippen molar-refractivity contribution in [2.75, 3.05) is 44.8 Å². The van der Waals surface area contributed by atoms with E-state index in [1.807, 2.05) is 52.8 Å². The van der Waals surface area contributed by atoms with Gasteiger partial charge in [-0.2, -0.15) is 9.97 Å². The smallest absolute Gasteiger partial charge is 0.319 e. The standard InChI is InChI=1S/C33H37FN6O2.C7H14O2.C2H6/c1-2-20-6-3-7-21-14-24(41)15-25(27(20)21)29-28(34)30-26(16-35-29)31(39-17-22-8-9-23(18-39)36-22)38-32(37-30)42-19-33-10-4-12-40(33)13-5-11-33;1-5(2)6(3)7(8)9-4;1-2/h3,6-7,14-16,22-23,36,41H,2,4-5,8-13,17-19H2,1H3;5-6H,1-4H3;1-2H3. The first kappa shape index (κ1) is 38.6. The van der Waals surface area contributed by atoms with Crippen molar-refractivity contribution in [3.63, 3.8) is 0 Å². The van der Waals surface area contributed by atoms with Crippen LogP contribution < -0.4 is 15.0 Å². The molecule has 4 aliphatic rings. The van der Waals surface area contributed by atoms with E-state index < -0.39 is 5.82 Å². The summed E-state index contributed by atoms with van der Waals surface area (Å²) in [7, 11) is 1.42. The first-order chi connectivity index (χ1) is 25.6. The molecule has 286 valence electrons. The molecular formula is C42H57FN6O4. The predicted molar refractivity (Wildman–Crippen MR) is 209 cm³/mol. The molecule has 6 heterocycles. The van der Waals surface area contributed by atoms with E-state index in [0.717, 1.165) is 74.6 Å². The summed E-state index contributed by atoms with van der Waals surface area (Å²) < 4.78 is 27.7. The summed E-state index contributed by atoms with van der Waals surface area (Å²) in [4.78, 5) is 29.9. The van der Waals surface area contributed by atoms with E-state index >= 15 is 4.39 Å². The van der Waals surface area contributed by atoms with Gasteiger partial charge in [-0.3, -0.25) is 14.7 Å². The van der Waals surface area contributed by atoms with Gasteiger partial charge in [-0.25, -0.2) is 4.39 Å². The number of hydrogen-bond donors (Lipinski definition) is 2. The number of piperazine rings is 1. The number of aromatic nitrogens is 3. The zero-order chi connectivity index (χ0) is 37.9. The van der Waals surface area contributed by atoms with Crippen molar-refractivity contribution < 1.29 is 23.8 Å². The van der Waals surface area contributed by atoms with Gasteiger partial charge in [0.15, 0.2) is 5.82 Å². The van der Waals surface area contributed by atoms with E-state index in [0.29, 0.717) is 41.4 Å². The largest absolute Gasteiger partial charge is 0.508 e. The molecule has 4 saturated heterocycles. The summed E-state index contributed by atoms with van der Waals surface area (Å²) in [5.41, 5.74) is 2.06. The van der Waals surface area contributed by atoms with Crippen LogP contribution in [0.15, 0.2) is 36.5 Å². The third-order valence-corrected chi connectivity index (χ3v) is 11.7. The lowest BCUT2D eigenvalue weighted by Gasteiger charge is -2.34. The third-order valence-electron chi connectivity index (χ3n) is 11.7. The van der Waals surface area contributed by atoms with Gasteiger partial charge in [-0.15, -0.1) is 0 Å². The Hall–Kier alpha value is -4.09. The van der Waals surface area contributed by atoms with E-state index in [4.69, 9.17) is 14.7 Å². The molecule has 2 aromatic heterocycles. The van der Waals surface area contributed by atoms with Gasteiger partial charge in [0.1, 0.15) is 29.4 Å². The summed E-state index contributed by atoms with van der Waals surface area (Å²) in [5, 5.41) is 16.6. The molecule has 2 bridgehead atoms. The molecule has 0 radical (unpaired) electrons. The van der Waals surface area contributed by atoms with Crippen molar-refractivity contribution in [3.05, 3.63) is 47.9 Å². The summed E-state index contributed by atoms with van der Waals surface area (Å²) in [6, 6.07) is 10.3. The van der Waals surface area contributed by atoms with Crippen LogP contribution in [0.25, 0.3) is 32.9 Å². The van der Waals surface area contributed by atoms with Gasteiger partial charge >= 0.3 is 12.0 Å². The Balaban J connectivity index is 0.000000386. The van der Waals surface area contributed by atoms with Crippen LogP contribution in [0.3, 0.4) is 0 Å². The van der Waals surface area contributed by atoms with E-state index in [1.165, 1.54) is 20.0 Å². The van der Waals surface area contributed by atoms with Crippen LogP contribution >= 0.6 is 0 Å². The van der Waals surface area contributed by atoms with Gasteiger partial charge in [-0.05, 0) is 92.4 Å². The second-order valence-corrected chi connectivity index (χ2v) is 15.2. The monoisotopic (exact) mass is 728 g/mol. The number of benzene rings is 2.